The van der Waals surface area contributed by atoms with Gasteiger partial charge in [0.1, 0.15) is 5.75 Å². The highest BCUT2D eigenvalue weighted by Gasteiger charge is 2.10. The minimum Gasteiger partial charge on any atom is -0.491 e. The van der Waals surface area contributed by atoms with E-state index >= 15 is 0 Å². The maximum atomic E-state index is 12.5. The Morgan fingerprint density at radius 1 is 0.906 bits per heavy atom. The predicted molar refractivity (Wildman–Crippen MR) is 128 cm³/mol. The van der Waals surface area contributed by atoms with Crippen LogP contribution in [0.15, 0.2) is 78.9 Å². The molecule has 0 aliphatic heterocycles. The first-order valence-corrected chi connectivity index (χ1v) is 10.6. The van der Waals surface area contributed by atoms with Crippen LogP contribution in [0.4, 0.5) is 11.4 Å². The Morgan fingerprint density at radius 3 is 2.44 bits per heavy atom. The maximum Gasteiger partial charge on any atom is 0.253 e. The summed E-state index contributed by atoms with van der Waals surface area (Å²) in [5.74, 6) is 0.360. The van der Waals surface area contributed by atoms with Gasteiger partial charge in [-0.15, -0.1) is 0 Å². The van der Waals surface area contributed by atoms with Gasteiger partial charge < -0.3 is 20.3 Å². The molecule has 0 aromatic heterocycles. The number of aryl methyl sites for hydroxylation is 1. The van der Waals surface area contributed by atoms with Crippen LogP contribution in [0.25, 0.3) is 0 Å². The summed E-state index contributed by atoms with van der Waals surface area (Å²) >= 11 is 0. The number of amides is 2. The van der Waals surface area contributed by atoms with Gasteiger partial charge in [0.2, 0.25) is 5.91 Å². The van der Waals surface area contributed by atoms with Gasteiger partial charge in [0, 0.05) is 25.3 Å². The van der Waals surface area contributed by atoms with E-state index < -0.39 is 0 Å². The lowest BCUT2D eigenvalue weighted by Gasteiger charge is -2.14. The highest BCUT2D eigenvalue weighted by atomic mass is 16.5. The Morgan fingerprint density at radius 2 is 1.66 bits per heavy atom. The Balaban J connectivity index is 1.50. The van der Waals surface area contributed by atoms with E-state index in [1.165, 1.54) is 10.5 Å². The number of benzene rings is 3. The molecule has 6 heteroatoms. The molecule has 3 rings (SSSR count). The number of rotatable bonds is 10. The van der Waals surface area contributed by atoms with Crippen molar-refractivity contribution in [3.05, 3.63) is 90.0 Å². The second-order valence-corrected chi connectivity index (χ2v) is 7.62. The molecule has 0 aliphatic carbocycles. The third-order valence-electron chi connectivity index (χ3n) is 4.84. The summed E-state index contributed by atoms with van der Waals surface area (Å²) in [6.45, 7) is 0.634. The van der Waals surface area contributed by atoms with Gasteiger partial charge in [-0.25, -0.2) is 0 Å². The topological polar surface area (TPSA) is 70.7 Å². The summed E-state index contributed by atoms with van der Waals surface area (Å²) < 4.78 is 5.91. The second kappa shape index (κ2) is 11.6. The average Bonchev–Trinajstić information content (AvgIpc) is 2.82. The van der Waals surface area contributed by atoms with Crippen LogP contribution in [0.3, 0.4) is 0 Å². The third kappa shape index (κ3) is 6.87. The normalized spacial score (nSPS) is 10.3. The Labute approximate surface area is 189 Å². The number of anilines is 2. The molecule has 0 atom stereocenters. The quantitative estimate of drug-likeness (QED) is 0.465. The summed E-state index contributed by atoms with van der Waals surface area (Å²) in [5.41, 5.74) is 3.18. The van der Waals surface area contributed by atoms with Crippen LogP contribution < -0.4 is 15.4 Å². The highest BCUT2D eigenvalue weighted by Crippen LogP contribution is 2.24. The number of nitrogens with zero attached hydrogens (tertiary/aromatic N) is 1. The number of hydrogen-bond acceptors (Lipinski definition) is 4. The van der Waals surface area contributed by atoms with Crippen molar-refractivity contribution in [2.75, 3.05) is 37.9 Å². The van der Waals surface area contributed by atoms with Crippen molar-refractivity contribution in [1.82, 2.24) is 4.90 Å². The molecule has 2 N–H and O–H groups in total. The van der Waals surface area contributed by atoms with E-state index in [2.05, 4.69) is 22.8 Å². The fourth-order valence-electron chi connectivity index (χ4n) is 3.20. The van der Waals surface area contributed by atoms with Crippen LogP contribution in [0.2, 0.25) is 0 Å². The number of carbonyl (C=O) groups is 2. The van der Waals surface area contributed by atoms with E-state index in [0.29, 0.717) is 29.3 Å². The Bertz CT molecular complexity index is 1040. The zero-order valence-electron chi connectivity index (χ0n) is 18.5. The van der Waals surface area contributed by atoms with Gasteiger partial charge in [0.05, 0.1) is 18.8 Å². The molecule has 0 fully saturated rings. The minimum atomic E-state index is -0.199. The number of hydrogen-bond donors (Lipinski definition) is 2. The number of para-hydroxylation sites is 2. The van der Waals surface area contributed by atoms with Crippen LogP contribution in [0, 0.1) is 0 Å². The summed E-state index contributed by atoms with van der Waals surface area (Å²) in [6.07, 6.45) is 1.82. The van der Waals surface area contributed by atoms with Gasteiger partial charge in [0.15, 0.2) is 0 Å². The van der Waals surface area contributed by atoms with E-state index in [1.54, 1.807) is 32.3 Å². The number of ether oxygens (including phenoxy) is 1. The average molecular weight is 432 g/mol. The van der Waals surface area contributed by atoms with Gasteiger partial charge in [-0.3, -0.25) is 9.59 Å². The SMILES string of the molecule is CN(C)C(=O)c1cccc(NCC(=O)Nc2ccccc2OCCCc2ccccc2)c1. The molecule has 3 aromatic carbocycles. The number of carbonyl (C=O) groups excluding carboxylic acids is 2. The molecular weight excluding hydrogens is 402 g/mol. The van der Waals surface area contributed by atoms with Crippen LogP contribution in [0.1, 0.15) is 22.3 Å². The standard InChI is InChI=1S/C26H29N3O3/c1-29(2)26(31)21-13-8-14-22(18-21)27-19-25(30)28-23-15-6-7-16-24(23)32-17-9-12-20-10-4-3-5-11-20/h3-8,10-11,13-16,18,27H,9,12,17,19H2,1-2H3,(H,28,30). The van der Waals surface area contributed by atoms with Crippen molar-refractivity contribution in [3.63, 3.8) is 0 Å². The molecule has 6 nitrogen and oxygen atoms in total. The molecule has 0 heterocycles. The molecule has 32 heavy (non-hydrogen) atoms. The van der Waals surface area contributed by atoms with Gasteiger partial charge in [0.25, 0.3) is 5.91 Å². The van der Waals surface area contributed by atoms with Gasteiger partial charge in [-0.05, 0) is 48.7 Å². The first kappa shape index (κ1) is 22.9. The van der Waals surface area contributed by atoms with Crippen molar-refractivity contribution in [2.45, 2.75) is 12.8 Å². The molecule has 0 spiro atoms. The van der Waals surface area contributed by atoms with Crippen LogP contribution in [-0.4, -0.2) is 44.0 Å². The van der Waals surface area contributed by atoms with Crippen molar-refractivity contribution in [2.24, 2.45) is 0 Å². The van der Waals surface area contributed by atoms with Crippen molar-refractivity contribution < 1.29 is 14.3 Å². The maximum absolute atomic E-state index is 12.5. The fourth-order valence-corrected chi connectivity index (χ4v) is 3.20. The van der Waals surface area contributed by atoms with E-state index in [9.17, 15) is 9.59 Å². The molecule has 0 saturated heterocycles. The Kier molecular flexibility index (Phi) is 8.26. The molecule has 2 amide bonds. The van der Waals surface area contributed by atoms with Crippen molar-refractivity contribution >= 4 is 23.2 Å². The minimum absolute atomic E-state index is 0.0714. The number of nitrogens with one attached hydrogen (secondary N) is 2. The van der Waals surface area contributed by atoms with E-state index in [-0.39, 0.29) is 18.4 Å². The lowest BCUT2D eigenvalue weighted by atomic mass is 10.1. The summed E-state index contributed by atoms with van der Waals surface area (Å²) in [5, 5.41) is 5.96. The lowest BCUT2D eigenvalue weighted by molar-refractivity contribution is -0.114. The van der Waals surface area contributed by atoms with Crippen molar-refractivity contribution in [1.29, 1.82) is 0 Å². The summed E-state index contributed by atoms with van der Waals surface area (Å²) in [6, 6.07) is 24.8. The molecular formula is C26H29N3O3. The second-order valence-electron chi connectivity index (χ2n) is 7.62. The molecule has 3 aromatic rings. The van der Waals surface area contributed by atoms with Crippen molar-refractivity contribution in [3.8, 4) is 5.75 Å². The van der Waals surface area contributed by atoms with E-state index in [1.807, 2.05) is 48.5 Å². The zero-order chi connectivity index (χ0) is 22.8. The van der Waals surface area contributed by atoms with Gasteiger partial charge >= 0.3 is 0 Å². The first-order valence-electron chi connectivity index (χ1n) is 10.6. The first-order chi connectivity index (χ1) is 15.5. The molecule has 0 radical (unpaired) electrons. The zero-order valence-corrected chi connectivity index (χ0v) is 18.5. The predicted octanol–water partition coefficient (Wildman–Crippen LogP) is 4.45. The van der Waals surface area contributed by atoms with Crippen LogP contribution in [-0.2, 0) is 11.2 Å². The van der Waals surface area contributed by atoms with E-state index in [0.717, 1.165) is 12.8 Å². The Hall–Kier alpha value is -3.80. The lowest BCUT2D eigenvalue weighted by Crippen LogP contribution is -2.23. The van der Waals surface area contributed by atoms with Gasteiger partial charge in [-0.2, -0.15) is 0 Å². The molecule has 166 valence electrons. The summed E-state index contributed by atoms with van der Waals surface area (Å²) in [7, 11) is 3.41. The fraction of sp³-hybridized carbons (Fsp3) is 0.231. The summed E-state index contributed by atoms with van der Waals surface area (Å²) in [4.78, 5) is 26.1. The smallest absolute Gasteiger partial charge is 0.253 e. The monoisotopic (exact) mass is 431 g/mol. The highest BCUT2D eigenvalue weighted by molar-refractivity contribution is 5.96. The molecule has 0 bridgehead atoms. The third-order valence-corrected chi connectivity index (χ3v) is 4.84. The largest absolute Gasteiger partial charge is 0.491 e. The molecule has 0 aliphatic rings. The molecule has 0 unspecified atom stereocenters. The van der Waals surface area contributed by atoms with E-state index in [4.69, 9.17) is 4.74 Å². The molecule has 0 saturated carbocycles. The van der Waals surface area contributed by atoms with Crippen LogP contribution >= 0.6 is 0 Å². The van der Waals surface area contributed by atoms with Gasteiger partial charge in [-0.1, -0.05) is 48.5 Å². The van der Waals surface area contributed by atoms with Crippen LogP contribution in [0.5, 0.6) is 5.75 Å².